The molecule has 3 heterocycles. The molecule has 33 heavy (non-hydrogen) atoms. The molecule has 2 aromatic carbocycles. The van der Waals surface area contributed by atoms with Gasteiger partial charge in [-0.05, 0) is 54.4 Å². The number of carbonyl (C=O) groups excluding carboxylic acids is 2. The Labute approximate surface area is 199 Å². The molecular weight excluding hydrogens is 452 g/mol. The zero-order valence-corrected chi connectivity index (χ0v) is 19.6. The van der Waals surface area contributed by atoms with Gasteiger partial charge in [0.25, 0.3) is 0 Å². The fourth-order valence-corrected chi connectivity index (χ4v) is 9.96. The van der Waals surface area contributed by atoms with Crippen molar-refractivity contribution in [2.75, 3.05) is 4.90 Å². The molecule has 166 valence electrons. The van der Waals surface area contributed by atoms with Crippen molar-refractivity contribution in [3.05, 3.63) is 80.3 Å². The van der Waals surface area contributed by atoms with E-state index in [1.165, 1.54) is 21.8 Å². The molecule has 2 aliphatic carbocycles. The molecule has 3 aromatic rings. The van der Waals surface area contributed by atoms with Crippen molar-refractivity contribution in [2.24, 2.45) is 29.6 Å². The second-order valence-corrected chi connectivity index (χ2v) is 11.9. The summed E-state index contributed by atoms with van der Waals surface area (Å²) in [6.07, 6.45) is 0.916. The third-order valence-electron chi connectivity index (χ3n) is 8.14. The number of rotatable bonds is 2. The fourth-order valence-electron chi connectivity index (χ4n) is 7.07. The molecule has 2 saturated carbocycles. The first kappa shape index (κ1) is 19.8. The van der Waals surface area contributed by atoms with Crippen LogP contribution >= 0.6 is 23.1 Å². The van der Waals surface area contributed by atoms with E-state index in [4.69, 9.17) is 0 Å². The summed E-state index contributed by atoms with van der Waals surface area (Å²) in [4.78, 5) is 45.2. The number of imide groups is 1. The zero-order valence-electron chi connectivity index (χ0n) is 17.9. The SMILES string of the molecule is Cc1cccc(N2C(=O)[C@@H]3[C@H]4C[C@H]([C@@H]5Sc6[nH]c(=O)sc6[C@@H](c6ccccc6)[C@H]45)[C@@H]3C2=O)c1. The molecule has 0 unspecified atom stereocenters. The van der Waals surface area contributed by atoms with Gasteiger partial charge in [0.1, 0.15) is 0 Å². The van der Waals surface area contributed by atoms with E-state index in [0.717, 1.165) is 21.9 Å². The summed E-state index contributed by atoms with van der Waals surface area (Å²) >= 11 is 3.04. The Morgan fingerprint density at radius 3 is 2.45 bits per heavy atom. The van der Waals surface area contributed by atoms with E-state index in [2.05, 4.69) is 17.1 Å². The van der Waals surface area contributed by atoms with Crippen LogP contribution in [0.3, 0.4) is 0 Å². The van der Waals surface area contributed by atoms with Gasteiger partial charge in [0.15, 0.2) is 0 Å². The molecule has 5 nitrogen and oxygen atoms in total. The summed E-state index contributed by atoms with van der Waals surface area (Å²) in [5, 5.41) is 1.19. The molecule has 0 radical (unpaired) electrons. The number of aromatic nitrogens is 1. The molecule has 7 atom stereocenters. The van der Waals surface area contributed by atoms with Crippen LogP contribution in [0.4, 0.5) is 5.69 Å². The second kappa shape index (κ2) is 6.93. The normalized spacial score (nSPS) is 33.8. The second-order valence-electron chi connectivity index (χ2n) is 9.72. The van der Waals surface area contributed by atoms with E-state index >= 15 is 0 Å². The van der Waals surface area contributed by atoms with E-state index < -0.39 is 0 Å². The Balaban J connectivity index is 1.33. The quantitative estimate of drug-likeness (QED) is 0.558. The highest BCUT2D eigenvalue weighted by molar-refractivity contribution is 8.00. The van der Waals surface area contributed by atoms with Gasteiger partial charge in [0.2, 0.25) is 11.8 Å². The number of benzene rings is 2. The third-order valence-corrected chi connectivity index (χ3v) is 10.7. The van der Waals surface area contributed by atoms with Crippen LogP contribution in [0.15, 0.2) is 64.4 Å². The highest BCUT2D eigenvalue weighted by Crippen LogP contribution is 2.68. The molecule has 2 bridgehead atoms. The van der Waals surface area contributed by atoms with Gasteiger partial charge >= 0.3 is 4.87 Å². The van der Waals surface area contributed by atoms with Gasteiger partial charge in [0, 0.05) is 16.0 Å². The van der Waals surface area contributed by atoms with Crippen LogP contribution in [0.5, 0.6) is 0 Å². The lowest BCUT2D eigenvalue weighted by Gasteiger charge is -2.43. The van der Waals surface area contributed by atoms with Crippen molar-refractivity contribution < 1.29 is 9.59 Å². The molecule has 3 fully saturated rings. The standard InChI is InChI=1S/C26H22N2O3S2/c1-12-6-5-9-14(10-12)28-24(29)19-15-11-16(20(19)25(28)30)21-18(15)17(13-7-3-2-4-8-13)22-23(32-21)27-26(31)33-22/h2-10,15-21H,11H2,1H3,(H,27,31)/t15-,16-,17-,18-,19+,20-,21-/m0/s1. The Bertz CT molecular complexity index is 1360. The number of nitrogens with one attached hydrogen (secondary N) is 1. The monoisotopic (exact) mass is 474 g/mol. The van der Waals surface area contributed by atoms with Crippen molar-refractivity contribution in [3.8, 4) is 0 Å². The number of nitrogens with zero attached hydrogens (tertiary/aromatic N) is 1. The van der Waals surface area contributed by atoms with Crippen molar-refractivity contribution in [1.29, 1.82) is 0 Å². The Kier molecular flexibility index (Phi) is 4.16. The Morgan fingerprint density at radius 2 is 1.70 bits per heavy atom. The van der Waals surface area contributed by atoms with Gasteiger partial charge in [-0.3, -0.25) is 19.3 Å². The lowest BCUT2D eigenvalue weighted by Crippen LogP contribution is -2.42. The molecule has 2 amide bonds. The number of aryl methyl sites for hydroxylation is 1. The highest BCUT2D eigenvalue weighted by Gasteiger charge is 2.69. The van der Waals surface area contributed by atoms with Gasteiger partial charge in [-0.25, -0.2) is 0 Å². The molecule has 7 heteroatoms. The van der Waals surface area contributed by atoms with E-state index in [1.54, 1.807) is 11.8 Å². The van der Waals surface area contributed by atoms with Crippen LogP contribution in [0, 0.1) is 36.5 Å². The first-order valence-electron chi connectivity index (χ1n) is 11.4. The average Bonchev–Trinajstić information content (AvgIpc) is 3.53. The van der Waals surface area contributed by atoms with Crippen LogP contribution < -0.4 is 9.77 Å². The molecule has 0 spiro atoms. The molecule has 1 N–H and O–H groups in total. The van der Waals surface area contributed by atoms with Gasteiger partial charge in [-0.15, -0.1) is 11.8 Å². The Morgan fingerprint density at radius 1 is 0.939 bits per heavy atom. The van der Waals surface area contributed by atoms with Crippen LogP contribution in [0.25, 0.3) is 0 Å². The summed E-state index contributed by atoms with van der Waals surface area (Å²) in [6, 6.07) is 18.0. The fraction of sp³-hybridized carbons (Fsp3) is 0.346. The number of H-pyrrole nitrogens is 1. The maximum atomic E-state index is 13.7. The van der Waals surface area contributed by atoms with Crippen molar-refractivity contribution in [3.63, 3.8) is 0 Å². The number of thiazole rings is 1. The van der Waals surface area contributed by atoms with Gasteiger partial charge < -0.3 is 4.98 Å². The minimum atomic E-state index is -0.256. The molecule has 1 saturated heterocycles. The van der Waals surface area contributed by atoms with Gasteiger partial charge in [-0.2, -0.15) is 0 Å². The van der Waals surface area contributed by atoms with Crippen LogP contribution in [-0.2, 0) is 9.59 Å². The maximum absolute atomic E-state index is 13.7. The van der Waals surface area contributed by atoms with Crippen molar-refractivity contribution in [1.82, 2.24) is 4.98 Å². The molecule has 2 aliphatic heterocycles. The average molecular weight is 475 g/mol. The smallest absolute Gasteiger partial charge is 0.305 e. The maximum Gasteiger partial charge on any atom is 0.305 e. The number of fused-ring (bicyclic) bond motifs is 9. The summed E-state index contributed by atoms with van der Waals surface area (Å²) in [5.74, 6) is 0.0613. The zero-order chi connectivity index (χ0) is 22.4. The summed E-state index contributed by atoms with van der Waals surface area (Å²) < 4.78 is 0. The number of thioether (sulfide) groups is 1. The van der Waals surface area contributed by atoms with Gasteiger partial charge in [-0.1, -0.05) is 53.8 Å². The summed E-state index contributed by atoms with van der Waals surface area (Å²) in [7, 11) is 0. The number of aromatic amines is 1. The molecule has 4 aliphatic rings. The third kappa shape index (κ3) is 2.63. The van der Waals surface area contributed by atoms with E-state index in [-0.39, 0.29) is 57.4 Å². The highest BCUT2D eigenvalue weighted by atomic mass is 32.2. The number of anilines is 1. The minimum absolute atomic E-state index is 0.0290. The number of carbonyl (C=O) groups is 2. The lowest BCUT2D eigenvalue weighted by molar-refractivity contribution is -0.123. The van der Waals surface area contributed by atoms with Crippen LogP contribution in [-0.4, -0.2) is 22.0 Å². The van der Waals surface area contributed by atoms with Crippen LogP contribution in [0.2, 0.25) is 0 Å². The molecular formula is C26H22N2O3S2. The van der Waals surface area contributed by atoms with E-state index in [1.807, 2.05) is 49.4 Å². The summed E-state index contributed by atoms with van der Waals surface area (Å²) in [5.41, 5.74) is 2.92. The van der Waals surface area contributed by atoms with Gasteiger partial charge in [0.05, 0.1) is 22.5 Å². The Hall–Kier alpha value is -2.64. The topological polar surface area (TPSA) is 70.2 Å². The van der Waals surface area contributed by atoms with Crippen LogP contribution in [0.1, 0.15) is 28.3 Å². The predicted octanol–water partition coefficient (Wildman–Crippen LogP) is 4.42. The number of amides is 2. The number of hydrogen-bond acceptors (Lipinski definition) is 5. The molecule has 7 rings (SSSR count). The molecule has 1 aromatic heterocycles. The summed E-state index contributed by atoms with van der Waals surface area (Å²) in [6.45, 7) is 1.98. The largest absolute Gasteiger partial charge is 0.307 e. The number of hydrogen-bond donors (Lipinski definition) is 1. The van der Waals surface area contributed by atoms with E-state index in [0.29, 0.717) is 5.69 Å². The first-order valence-corrected chi connectivity index (χ1v) is 13.1. The lowest BCUT2D eigenvalue weighted by atomic mass is 9.68. The predicted molar refractivity (Wildman–Crippen MR) is 129 cm³/mol. The van der Waals surface area contributed by atoms with Crippen molar-refractivity contribution in [2.45, 2.75) is 29.5 Å². The first-order chi connectivity index (χ1) is 16.0. The van der Waals surface area contributed by atoms with Crippen molar-refractivity contribution >= 4 is 40.6 Å². The minimum Gasteiger partial charge on any atom is -0.307 e. The van der Waals surface area contributed by atoms with E-state index in [9.17, 15) is 14.4 Å².